The Morgan fingerprint density at radius 3 is 3.04 bits per heavy atom. The third-order valence-corrected chi connectivity index (χ3v) is 4.92. The van der Waals surface area contributed by atoms with E-state index >= 15 is 0 Å². The number of H-pyrrole nitrogens is 2. The molecular formula is C19H23N5O2. The number of nitrogens with zero attached hydrogens (tertiary/aromatic N) is 2. The van der Waals surface area contributed by atoms with Crippen LogP contribution in [0.2, 0.25) is 0 Å². The molecule has 0 unspecified atom stereocenters. The largest absolute Gasteiger partial charge is 0.460 e. The van der Waals surface area contributed by atoms with Crippen molar-refractivity contribution in [2.45, 2.75) is 26.3 Å². The van der Waals surface area contributed by atoms with Crippen LogP contribution in [0.4, 0.5) is 0 Å². The molecule has 0 radical (unpaired) electrons. The zero-order valence-corrected chi connectivity index (χ0v) is 15.1. The molecule has 4 rings (SSSR count). The molecule has 3 aromatic rings. The molecule has 2 aromatic heterocycles. The quantitative estimate of drug-likeness (QED) is 0.614. The number of aromatic amines is 2. The first-order valence-electron chi connectivity index (χ1n) is 8.95. The highest BCUT2D eigenvalue weighted by atomic mass is 16.5. The van der Waals surface area contributed by atoms with Gasteiger partial charge in [0, 0.05) is 29.6 Å². The summed E-state index contributed by atoms with van der Waals surface area (Å²) in [4.78, 5) is 18.4. The molecule has 0 atom stereocenters. The van der Waals surface area contributed by atoms with Gasteiger partial charge in [-0.1, -0.05) is 25.1 Å². The van der Waals surface area contributed by atoms with Crippen molar-refractivity contribution in [3.05, 3.63) is 46.8 Å². The van der Waals surface area contributed by atoms with E-state index in [9.17, 15) is 4.79 Å². The van der Waals surface area contributed by atoms with E-state index in [2.05, 4.69) is 33.5 Å². The predicted molar refractivity (Wildman–Crippen MR) is 99.3 cm³/mol. The number of amides is 1. The number of aryl methyl sites for hydroxylation is 1. The van der Waals surface area contributed by atoms with Crippen LogP contribution in [-0.2, 0) is 19.4 Å². The number of hydrogen-bond acceptors (Lipinski definition) is 4. The van der Waals surface area contributed by atoms with Crippen molar-refractivity contribution in [1.29, 1.82) is 0 Å². The lowest BCUT2D eigenvalue weighted by atomic mass is 10.0. The van der Waals surface area contributed by atoms with Crippen molar-refractivity contribution in [3.63, 3.8) is 0 Å². The Labute approximate surface area is 151 Å². The van der Waals surface area contributed by atoms with Gasteiger partial charge in [0.2, 0.25) is 5.88 Å². The number of para-hydroxylation sites is 1. The first-order chi connectivity index (χ1) is 12.7. The van der Waals surface area contributed by atoms with Gasteiger partial charge in [0.1, 0.15) is 12.4 Å². The smallest absolute Gasteiger partial charge is 0.270 e. The van der Waals surface area contributed by atoms with E-state index in [1.165, 1.54) is 0 Å². The molecule has 136 valence electrons. The minimum atomic E-state index is 0.0319. The number of nitrogens with one attached hydrogen (secondary N) is 3. The second-order valence-corrected chi connectivity index (χ2v) is 6.48. The molecule has 0 saturated carbocycles. The van der Waals surface area contributed by atoms with E-state index < -0.39 is 0 Å². The van der Waals surface area contributed by atoms with Crippen LogP contribution in [-0.4, -0.2) is 46.3 Å². The second kappa shape index (κ2) is 6.84. The van der Waals surface area contributed by atoms with E-state index in [1.54, 1.807) is 0 Å². The Morgan fingerprint density at radius 2 is 2.23 bits per heavy atom. The van der Waals surface area contributed by atoms with Crippen molar-refractivity contribution in [2.24, 2.45) is 0 Å². The third-order valence-electron chi connectivity index (χ3n) is 4.92. The number of fused-ring (bicyclic) bond motifs is 2. The van der Waals surface area contributed by atoms with Gasteiger partial charge < -0.3 is 14.6 Å². The van der Waals surface area contributed by atoms with Gasteiger partial charge in [-0.15, -0.1) is 5.10 Å². The maximum atomic E-state index is 13.2. The molecule has 1 aliphatic heterocycles. The number of aromatic nitrogens is 3. The SMILES string of the molecule is CCc1c(C(=O)N2CCc3[nH]nc(OCNC)c3C2)[nH]c2ccccc12. The molecule has 26 heavy (non-hydrogen) atoms. The second-order valence-electron chi connectivity index (χ2n) is 6.48. The number of carbonyl (C=O) groups excluding carboxylic acids is 1. The van der Waals surface area contributed by atoms with Gasteiger partial charge in [0.15, 0.2) is 0 Å². The molecule has 0 saturated heterocycles. The fourth-order valence-electron chi connectivity index (χ4n) is 3.61. The lowest BCUT2D eigenvalue weighted by molar-refractivity contribution is 0.0726. The Balaban J connectivity index is 1.63. The molecular weight excluding hydrogens is 330 g/mol. The fraction of sp³-hybridized carbons (Fsp3) is 0.368. The highest BCUT2D eigenvalue weighted by Gasteiger charge is 2.28. The van der Waals surface area contributed by atoms with Crippen LogP contribution < -0.4 is 10.1 Å². The van der Waals surface area contributed by atoms with Crippen LogP contribution in [0.1, 0.15) is 34.2 Å². The topological polar surface area (TPSA) is 86.0 Å². The van der Waals surface area contributed by atoms with Crippen molar-refractivity contribution < 1.29 is 9.53 Å². The fourth-order valence-corrected chi connectivity index (χ4v) is 3.61. The summed E-state index contributed by atoms with van der Waals surface area (Å²) < 4.78 is 5.62. The zero-order chi connectivity index (χ0) is 18.1. The molecule has 0 bridgehead atoms. The summed E-state index contributed by atoms with van der Waals surface area (Å²) in [5.74, 6) is 0.601. The number of benzene rings is 1. The lowest BCUT2D eigenvalue weighted by Gasteiger charge is -2.27. The van der Waals surface area contributed by atoms with E-state index in [-0.39, 0.29) is 5.91 Å². The number of carbonyl (C=O) groups is 1. The van der Waals surface area contributed by atoms with E-state index in [1.807, 2.05) is 30.1 Å². The van der Waals surface area contributed by atoms with Crippen molar-refractivity contribution >= 4 is 16.8 Å². The van der Waals surface area contributed by atoms with Crippen LogP contribution in [0.25, 0.3) is 10.9 Å². The van der Waals surface area contributed by atoms with Crippen LogP contribution in [0, 0.1) is 0 Å². The first kappa shape index (κ1) is 16.7. The monoisotopic (exact) mass is 353 g/mol. The van der Waals surface area contributed by atoms with Gasteiger partial charge >= 0.3 is 0 Å². The third kappa shape index (κ3) is 2.74. The molecule has 0 spiro atoms. The van der Waals surface area contributed by atoms with Gasteiger partial charge in [0.05, 0.1) is 12.1 Å². The molecule has 7 heteroatoms. The zero-order valence-electron chi connectivity index (χ0n) is 15.1. The van der Waals surface area contributed by atoms with Crippen LogP contribution in [0.15, 0.2) is 24.3 Å². The van der Waals surface area contributed by atoms with E-state index in [0.717, 1.165) is 40.6 Å². The summed E-state index contributed by atoms with van der Waals surface area (Å²) >= 11 is 0. The summed E-state index contributed by atoms with van der Waals surface area (Å²) in [5.41, 5.74) is 4.79. The lowest BCUT2D eigenvalue weighted by Crippen LogP contribution is -2.36. The van der Waals surface area contributed by atoms with Crippen LogP contribution in [0.5, 0.6) is 5.88 Å². The van der Waals surface area contributed by atoms with Crippen LogP contribution in [0.3, 0.4) is 0 Å². The van der Waals surface area contributed by atoms with Gasteiger partial charge in [-0.3, -0.25) is 15.2 Å². The predicted octanol–water partition coefficient (Wildman–Crippen LogP) is 2.21. The maximum absolute atomic E-state index is 13.2. The van der Waals surface area contributed by atoms with Crippen molar-refractivity contribution in [3.8, 4) is 5.88 Å². The van der Waals surface area contributed by atoms with Crippen molar-refractivity contribution in [2.75, 3.05) is 20.3 Å². The minimum absolute atomic E-state index is 0.0319. The molecule has 0 aliphatic carbocycles. The van der Waals surface area contributed by atoms with Gasteiger partial charge in [0.25, 0.3) is 5.91 Å². The molecule has 1 amide bonds. The summed E-state index contributed by atoms with van der Waals surface area (Å²) in [6, 6.07) is 8.07. The maximum Gasteiger partial charge on any atom is 0.270 e. The normalized spacial score (nSPS) is 13.8. The average Bonchev–Trinajstić information content (AvgIpc) is 3.26. The molecule has 3 N–H and O–H groups in total. The Morgan fingerprint density at radius 1 is 1.38 bits per heavy atom. The molecule has 3 heterocycles. The summed E-state index contributed by atoms with van der Waals surface area (Å²) in [6.07, 6.45) is 1.56. The summed E-state index contributed by atoms with van der Waals surface area (Å²) in [6.45, 7) is 3.63. The van der Waals surface area contributed by atoms with E-state index in [0.29, 0.717) is 31.4 Å². The molecule has 1 aromatic carbocycles. The summed E-state index contributed by atoms with van der Waals surface area (Å²) in [5, 5.41) is 11.3. The average molecular weight is 353 g/mol. The number of ether oxygens (including phenoxy) is 1. The minimum Gasteiger partial charge on any atom is -0.460 e. The Bertz CT molecular complexity index is 943. The first-order valence-corrected chi connectivity index (χ1v) is 8.95. The Hall–Kier alpha value is -2.80. The van der Waals surface area contributed by atoms with Gasteiger partial charge in [-0.05, 0) is 25.1 Å². The standard InChI is InChI=1S/C19H23N5O2/c1-3-12-13-6-4-5-7-15(13)21-17(12)19(25)24-9-8-16-14(10-24)18(23-22-16)26-11-20-2/h4-7,20-21H,3,8-11H2,1-2H3,(H,22,23). The molecule has 0 fully saturated rings. The van der Waals surface area contributed by atoms with E-state index in [4.69, 9.17) is 4.74 Å². The van der Waals surface area contributed by atoms with Crippen LogP contribution >= 0.6 is 0 Å². The number of rotatable bonds is 5. The van der Waals surface area contributed by atoms with Gasteiger partial charge in [-0.25, -0.2) is 0 Å². The van der Waals surface area contributed by atoms with Crippen molar-refractivity contribution in [1.82, 2.24) is 25.4 Å². The highest BCUT2D eigenvalue weighted by Crippen LogP contribution is 2.29. The molecule has 1 aliphatic rings. The number of hydrogen-bond donors (Lipinski definition) is 3. The highest BCUT2D eigenvalue weighted by molar-refractivity contribution is 6.01. The molecule has 7 nitrogen and oxygen atoms in total. The van der Waals surface area contributed by atoms with Gasteiger partial charge in [-0.2, -0.15) is 0 Å². The Kier molecular flexibility index (Phi) is 4.38. The summed E-state index contributed by atoms with van der Waals surface area (Å²) in [7, 11) is 1.82.